The average Bonchev–Trinajstić information content (AvgIpc) is 2.59. The van der Waals surface area contributed by atoms with Gasteiger partial charge in [-0.2, -0.15) is 0 Å². The molecule has 3 rings (SSSR count). The van der Waals surface area contributed by atoms with E-state index in [0.29, 0.717) is 22.3 Å². The fraction of sp³-hybridized carbons (Fsp3) is 0.278. The predicted octanol–water partition coefficient (Wildman–Crippen LogP) is 3.90. The molecule has 0 aliphatic carbocycles. The van der Waals surface area contributed by atoms with Crippen molar-refractivity contribution in [3.8, 4) is 0 Å². The van der Waals surface area contributed by atoms with E-state index in [2.05, 4.69) is 16.0 Å². The number of anilines is 2. The number of nitrogens with one attached hydrogen (secondary N) is 3. The van der Waals surface area contributed by atoms with Gasteiger partial charge in [-0.15, -0.1) is 0 Å². The van der Waals surface area contributed by atoms with Crippen molar-refractivity contribution in [1.29, 1.82) is 0 Å². The Morgan fingerprint density at radius 1 is 1.12 bits per heavy atom. The molecule has 6 heteroatoms. The van der Waals surface area contributed by atoms with E-state index < -0.39 is 0 Å². The van der Waals surface area contributed by atoms with E-state index in [1.54, 1.807) is 6.07 Å². The Morgan fingerprint density at radius 3 is 2.54 bits per heavy atom. The summed E-state index contributed by atoms with van der Waals surface area (Å²) in [5, 5.41) is 10.0. The second-order valence-electron chi connectivity index (χ2n) is 5.82. The summed E-state index contributed by atoms with van der Waals surface area (Å²) in [4.78, 5) is 12.3. The SMILES string of the molecule is O=C(Nc1cc(NC2CCNCC2)ccc1Cl)c1ccc(F)cc1. The van der Waals surface area contributed by atoms with Gasteiger partial charge in [0.15, 0.2) is 0 Å². The topological polar surface area (TPSA) is 53.2 Å². The molecule has 0 unspecified atom stereocenters. The van der Waals surface area contributed by atoms with Crippen molar-refractivity contribution in [3.63, 3.8) is 0 Å². The van der Waals surface area contributed by atoms with Gasteiger partial charge in [0.05, 0.1) is 10.7 Å². The second-order valence-corrected chi connectivity index (χ2v) is 6.23. The lowest BCUT2D eigenvalue weighted by atomic mass is 10.1. The quantitative estimate of drug-likeness (QED) is 0.786. The predicted molar refractivity (Wildman–Crippen MR) is 95.3 cm³/mol. The van der Waals surface area contributed by atoms with Crippen molar-refractivity contribution < 1.29 is 9.18 Å². The van der Waals surface area contributed by atoms with Crippen molar-refractivity contribution in [2.75, 3.05) is 23.7 Å². The highest BCUT2D eigenvalue weighted by molar-refractivity contribution is 6.34. The zero-order chi connectivity index (χ0) is 16.9. The maximum Gasteiger partial charge on any atom is 0.255 e. The zero-order valence-corrected chi connectivity index (χ0v) is 13.9. The molecule has 1 fully saturated rings. The van der Waals surface area contributed by atoms with Crippen LogP contribution in [0.25, 0.3) is 0 Å². The summed E-state index contributed by atoms with van der Waals surface area (Å²) in [6, 6.07) is 11.3. The third kappa shape index (κ3) is 4.24. The molecule has 0 atom stereocenters. The summed E-state index contributed by atoms with van der Waals surface area (Å²) in [6.07, 6.45) is 2.11. The van der Waals surface area contributed by atoms with Crippen molar-refractivity contribution in [1.82, 2.24) is 5.32 Å². The van der Waals surface area contributed by atoms with Crippen molar-refractivity contribution in [3.05, 3.63) is 58.9 Å². The Kier molecular flexibility index (Phi) is 5.33. The standard InChI is InChI=1S/C18H19ClFN3O/c19-16-6-5-15(22-14-7-9-21-10-8-14)11-17(16)23-18(24)12-1-3-13(20)4-2-12/h1-6,11,14,21-22H,7-10H2,(H,23,24). The smallest absolute Gasteiger partial charge is 0.255 e. The average molecular weight is 348 g/mol. The number of amides is 1. The van der Waals surface area contributed by atoms with Crippen LogP contribution in [-0.2, 0) is 0 Å². The molecule has 0 spiro atoms. The molecule has 1 amide bonds. The van der Waals surface area contributed by atoms with Crippen LogP contribution in [0.2, 0.25) is 5.02 Å². The van der Waals surface area contributed by atoms with E-state index in [4.69, 9.17) is 11.6 Å². The summed E-state index contributed by atoms with van der Waals surface area (Å²) in [6.45, 7) is 2.00. The van der Waals surface area contributed by atoms with Gasteiger partial charge in [-0.3, -0.25) is 4.79 Å². The van der Waals surface area contributed by atoms with Gasteiger partial charge in [0.2, 0.25) is 0 Å². The number of piperidine rings is 1. The molecule has 4 nitrogen and oxygen atoms in total. The van der Waals surface area contributed by atoms with Crippen LogP contribution in [0, 0.1) is 5.82 Å². The minimum absolute atomic E-state index is 0.323. The molecular weight excluding hydrogens is 329 g/mol. The number of benzene rings is 2. The number of carbonyl (C=O) groups excluding carboxylic acids is 1. The molecule has 0 bridgehead atoms. The molecule has 0 saturated carbocycles. The Morgan fingerprint density at radius 2 is 1.83 bits per heavy atom. The minimum Gasteiger partial charge on any atom is -0.382 e. The lowest BCUT2D eigenvalue weighted by molar-refractivity contribution is 0.102. The van der Waals surface area contributed by atoms with Crippen LogP contribution in [0.5, 0.6) is 0 Å². The maximum atomic E-state index is 13.0. The summed E-state index contributed by atoms with van der Waals surface area (Å²) >= 11 is 6.18. The summed E-state index contributed by atoms with van der Waals surface area (Å²) in [5.74, 6) is -0.700. The first-order chi connectivity index (χ1) is 11.6. The van der Waals surface area contributed by atoms with Gasteiger partial charge in [0.25, 0.3) is 5.91 Å². The van der Waals surface area contributed by atoms with E-state index in [0.717, 1.165) is 31.6 Å². The van der Waals surface area contributed by atoms with E-state index in [-0.39, 0.29) is 11.7 Å². The zero-order valence-electron chi connectivity index (χ0n) is 13.1. The fourth-order valence-corrected chi connectivity index (χ4v) is 2.87. The Labute approximate surface area is 145 Å². The molecule has 0 radical (unpaired) electrons. The molecule has 3 N–H and O–H groups in total. The molecule has 2 aromatic carbocycles. The summed E-state index contributed by atoms with van der Waals surface area (Å²) in [5.41, 5.74) is 1.83. The van der Waals surface area contributed by atoms with E-state index in [9.17, 15) is 9.18 Å². The lowest BCUT2D eigenvalue weighted by Gasteiger charge is -2.25. The number of hydrogen-bond acceptors (Lipinski definition) is 3. The van der Waals surface area contributed by atoms with Gasteiger partial charge in [0.1, 0.15) is 5.82 Å². The number of rotatable bonds is 4. The van der Waals surface area contributed by atoms with Crippen LogP contribution in [0.4, 0.5) is 15.8 Å². The highest BCUT2D eigenvalue weighted by Crippen LogP contribution is 2.27. The van der Waals surface area contributed by atoms with Crippen molar-refractivity contribution >= 4 is 28.9 Å². The lowest BCUT2D eigenvalue weighted by Crippen LogP contribution is -2.35. The molecule has 1 aliphatic heterocycles. The molecule has 0 aromatic heterocycles. The first-order valence-corrected chi connectivity index (χ1v) is 8.33. The van der Waals surface area contributed by atoms with E-state index >= 15 is 0 Å². The van der Waals surface area contributed by atoms with E-state index in [1.807, 2.05) is 12.1 Å². The van der Waals surface area contributed by atoms with Crippen molar-refractivity contribution in [2.45, 2.75) is 18.9 Å². The van der Waals surface area contributed by atoms with Gasteiger partial charge in [0, 0.05) is 17.3 Å². The highest BCUT2D eigenvalue weighted by Gasteiger charge is 2.14. The third-order valence-corrected chi connectivity index (χ3v) is 4.36. The van der Waals surface area contributed by atoms with Gasteiger partial charge in [-0.05, 0) is 68.4 Å². The molecule has 1 heterocycles. The summed E-state index contributed by atoms with van der Waals surface area (Å²) < 4.78 is 13.0. The van der Waals surface area contributed by atoms with Crippen LogP contribution in [0.3, 0.4) is 0 Å². The van der Waals surface area contributed by atoms with Gasteiger partial charge >= 0.3 is 0 Å². The third-order valence-electron chi connectivity index (χ3n) is 4.03. The fourth-order valence-electron chi connectivity index (χ4n) is 2.71. The van der Waals surface area contributed by atoms with Crippen molar-refractivity contribution in [2.24, 2.45) is 0 Å². The van der Waals surface area contributed by atoms with Gasteiger partial charge in [-0.25, -0.2) is 4.39 Å². The van der Waals surface area contributed by atoms with Crippen LogP contribution in [0.1, 0.15) is 23.2 Å². The molecule has 1 aliphatic rings. The molecular formula is C18H19ClFN3O. The van der Waals surface area contributed by atoms with Gasteiger partial charge in [-0.1, -0.05) is 11.6 Å². The van der Waals surface area contributed by atoms with Gasteiger partial charge < -0.3 is 16.0 Å². The Hall–Kier alpha value is -2.11. The molecule has 24 heavy (non-hydrogen) atoms. The highest BCUT2D eigenvalue weighted by atomic mass is 35.5. The van der Waals surface area contributed by atoms with Crippen LogP contribution >= 0.6 is 11.6 Å². The maximum absolute atomic E-state index is 13.0. The number of hydrogen-bond donors (Lipinski definition) is 3. The monoisotopic (exact) mass is 347 g/mol. The van der Waals surface area contributed by atoms with Crippen LogP contribution in [-0.4, -0.2) is 25.0 Å². The molecule has 2 aromatic rings. The van der Waals surface area contributed by atoms with Crippen LogP contribution < -0.4 is 16.0 Å². The second kappa shape index (κ2) is 7.64. The van der Waals surface area contributed by atoms with E-state index in [1.165, 1.54) is 24.3 Å². The Bertz CT molecular complexity index is 715. The van der Waals surface area contributed by atoms with Crippen LogP contribution in [0.15, 0.2) is 42.5 Å². The normalized spacial score (nSPS) is 15.1. The number of halogens is 2. The Balaban J connectivity index is 1.71. The molecule has 126 valence electrons. The number of carbonyl (C=O) groups is 1. The largest absolute Gasteiger partial charge is 0.382 e. The first-order valence-electron chi connectivity index (χ1n) is 7.95. The first kappa shape index (κ1) is 16.7. The summed E-state index contributed by atoms with van der Waals surface area (Å²) in [7, 11) is 0. The minimum atomic E-state index is -0.377. The molecule has 1 saturated heterocycles.